The quantitative estimate of drug-likeness (QED) is 0.700. The molecule has 3 heterocycles. The van der Waals surface area contributed by atoms with Crippen LogP contribution in [0.15, 0.2) is 60.0 Å². The summed E-state index contributed by atoms with van der Waals surface area (Å²) in [7, 11) is 1.54. The summed E-state index contributed by atoms with van der Waals surface area (Å²) in [4.78, 5) is 13.0. The molecular weight excluding hydrogens is 379 g/mol. The minimum atomic E-state index is -0.408. The Morgan fingerprint density at radius 3 is 2.61 bits per heavy atom. The van der Waals surface area contributed by atoms with E-state index in [0.717, 1.165) is 22.4 Å². The molecule has 0 atom stereocenters. The third kappa shape index (κ3) is 3.34. The lowest BCUT2D eigenvalue weighted by Crippen LogP contribution is -2.02. The van der Waals surface area contributed by atoms with Crippen LogP contribution in [0.1, 0.15) is 23.1 Å². The zero-order valence-corrected chi connectivity index (χ0v) is 15.7. The van der Waals surface area contributed by atoms with Gasteiger partial charge in [0.25, 0.3) is 0 Å². The normalized spacial score (nSPS) is 13.6. The van der Waals surface area contributed by atoms with Gasteiger partial charge in [-0.3, -0.25) is 9.98 Å². The maximum Gasteiger partial charge on any atom is 0.166 e. The number of hydrogen-bond acceptors (Lipinski definition) is 5. The Labute approximate surface area is 166 Å². The van der Waals surface area contributed by atoms with Gasteiger partial charge < -0.3 is 10.5 Å². The van der Waals surface area contributed by atoms with Gasteiger partial charge in [-0.2, -0.15) is 0 Å². The standard InChI is InChI=1S/C21H16ClFN4O/c1-28-19-8-13(11-26-21(19)24)16-10-18(15-3-2-14(22)9-17(15)23)27-20(16)12-4-6-25-7-5-12/h2-9,11H,10H2,1H3,(H2,24,26). The number of allylic oxidation sites excluding steroid dienone is 1. The number of benzene rings is 1. The van der Waals surface area contributed by atoms with Crippen LogP contribution in [-0.4, -0.2) is 22.8 Å². The first-order chi connectivity index (χ1) is 13.6. The zero-order valence-electron chi connectivity index (χ0n) is 15.0. The van der Waals surface area contributed by atoms with Gasteiger partial charge in [0, 0.05) is 46.7 Å². The lowest BCUT2D eigenvalue weighted by Gasteiger charge is -2.10. The number of anilines is 1. The van der Waals surface area contributed by atoms with E-state index in [1.807, 2.05) is 18.2 Å². The van der Waals surface area contributed by atoms with E-state index < -0.39 is 5.82 Å². The monoisotopic (exact) mass is 394 g/mol. The van der Waals surface area contributed by atoms with Crippen molar-refractivity contribution in [2.75, 3.05) is 12.8 Å². The van der Waals surface area contributed by atoms with Crippen LogP contribution < -0.4 is 10.5 Å². The Kier molecular flexibility index (Phi) is 4.79. The third-order valence-corrected chi connectivity index (χ3v) is 4.76. The number of aromatic nitrogens is 2. The first-order valence-electron chi connectivity index (χ1n) is 8.53. The fraction of sp³-hybridized carbons (Fsp3) is 0.0952. The Morgan fingerprint density at radius 2 is 1.89 bits per heavy atom. The molecule has 0 aliphatic carbocycles. The summed E-state index contributed by atoms with van der Waals surface area (Å²) in [6.07, 6.45) is 5.49. The van der Waals surface area contributed by atoms with Crippen LogP contribution in [0.4, 0.5) is 10.2 Å². The smallest absolute Gasteiger partial charge is 0.166 e. The van der Waals surface area contributed by atoms with E-state index in [9.17, 15) is 4.39 Å². The molecule has 0 radical (unpaired) electrons. The molecule has 0 bridgehead atoms. The van der Waals surface area contributed by atoms with Crippen molar-refractivity contribution in [2.45, 2.75) is 6.42 Å². The molecule has 0 spiro atoms. The molecule has 5 nitrogen and oxygen atoms in total. The molecule has 0 saturated carbocycles. The number of pyridine rings is 2. The van der Waals surface area contributed by atoms with Crippen molar-refractivity contribution in [1.29, 1.82) is 0 Å². The van der Waals surface area contributed by atoms with Gasteiger partial charge in [0.2, 0.25) is 0 Å². The second-order valence-electron chi connectivity index (χ2n) is 6.23. The van der Waals surface area contributed by atoms with Crippen molar-refractivity contribution in [3.05, 3.63) is 82.5 Å². The third-order valence-electron chi connectivity index (χ3n) is 4.52. The minimum absolute atomic E-state index is 0.306. The first-order valence-corrected chi connectivity index (χ1v) is 8.91. The van der Waals surface area contributed by atoms with Crippen molar-refractivity contribution in [2.24, 2.45) is 4.99 Å². The van der Waals surface area contributed by atoms with Crippen molar-refractivity contribution in [3.63, 3.8) is 0 Å². The highest BCUT2D eigenvalue weighted by Crippen LogP contribution is 2.38. The van der Waals surface area contributed by atoms with E-state index in [1.54, 1.807) is 30.7 Å². The average Bonchev–Trinajstić information content (AvgIpc) is 3.14. The fourth-order valence-corrected chi connectivity index (χ4v) is 3.30. The molecule has 1 aliphatic heterocycles. The Hall–Kier alpha value is -3.25. The van der Waals surface area contributed by atoms with Crippen molar-refractivity contribution in [3.8, 4) is 5.75 Å². The number of methoxy groups -OCH3 is 1. The van der Waals surface area contributed by atoms with Gasteiger partial charge in [-0.25, -0.2) is 9.37 Å². The van der Waals surface area contributed by atoms with Gasteiger partial charge in [0.05, 0.1) is 18.5 Å². The molecular formula is C21H16ClFN4O. The van der Waals surface area contributed by atoms with Crippen LogP contribution in [0.5, 0.6) is 5.75 Å². The second-order valence-corrected chi connectivity index (χ2v) is 6.67. The number of nitrogen functional groups attached to an aromatic ring is 1. The summed E-state index contributed by atoms with van der Waals surface area (Å²) in [6, 6.07) is 10.1. The summed E-state index contributed by atoms with van der Waals surface area (Å²) < 4.78 is 19.8. The number of aliphatic imine (C=N–C) groups is 1. The van der Waals surface area contributed by atoms with Crippen molar-refractivity contribution < 1.29 is 9.13 Å². The van der Waals surface area contributed by atoms with E-state index in [-0.39, 0.29) is 0 Å². The highest BCUT2D eigenvalue weighted by Gasteiger charge is 2.24. The lowest BCUT2D eigenvalue weighted by molar-refractivity contribution is 0.415. The summed E-state index contributed by atoms with van der Waals surface area (Å²) in [5.41, 5.74) is 10.2. The summed E-state index contributed by atoms with van der Waals surface area (Å²) in [5.74, 6) is 0.375. The molecule has 3 aromatic rings. The van der Waals surface area contributed by atoms with Crippen molar-refractivity contribution >= 4 is 34.4 Å². The molecule has 1 aliphatic rings. The molecule has 1 aromatic carbocycles. The van der Waals surface area contributed by atoms with Crippen LogP contribution in [-0.2, 0) is 0 Å². The van der Waals surface area contributed by atoms with E-state index in [2.05, 4.69) is 9.97 Å². The number of rotatable bonds is 4. The Balaban J connectivity index is 1.84. The van der Waals surface area contributed by atoms with Crippen LogP contribution in [0, 0.1) is 5.82 Å². The molecule has 140 valence electrons. The van der Waals surface area contributed by atoms with Gasteiger partial charge in [-0.15, -0.1) is 0 Å². The predicted octanol–water partition coefficient (Wildman–Crippen LogP) is 4.62. The number of hydrogen-bond donors (Lipinski definition) is 1. The predicted molar refractivity (Wildman–Crippen MR) is 109 cm³/mol. The average molecular weight is 395 g/mol. The van der Waals surface area contributed by atoms with Crippen LogP contribution >= 0.6 is 11.6 Å². The van der Waals surface area contributed by atoms with Crippen molar-refractivity contribution in [1.82, 2.24) is 9.97 Å². The van der Waals surface area contributed by atoms with Gasteiger partial charge in [-0.1, -0.05) is 11.6 Å². The van der Waals surface area contributed by atoms with Gasteiger partial charge >= 0.3 is 0 Å². The van der Waals surface area contributed by atoms with E-state index in [1.165, 1.54) is 13.2 Å². The van der Waals surface area contributed by atoms with Crippen LogP contribution in [0.3, 0.4) is 0 Å². The molecule has 0 unspecified atom stereocenters. The number of nitrogens with zero attached hydrogens (tertiary/aromatic N) is 3. The van der Waals surface area contributed by atoms with E-state index >= 15 is 0 Å². The van der Waals surface area contributed by atoms with Gasteiger partial charge in [0.15, 0.2) is 11.6 Å². The molecule has 0 fully saturated rings. The maximum atomic E-state index is 14.5. The number of ether oxygens (including phenoxy) is 1. The summed E-state index contributed by atoms with van der Waals surface area (Å²) in [6.45, 7) is 0. The zero-order chi connectivity index (χ0) is 19.7. The summed E-state index contributed by atoms with van der Waals surface area (Å²) >= 11 is 5.89. The molecule has 28 heavy (non-hydrogen) atoms. The first kappa shape index (κ1) is 18.1. The minimum Gasteiger partial charge on any atom is -0.493 e. The van der Waals surface area contributed by atoms with E-state index in [0.29, 0.717) is 34.3 Å². The maximum absolute atomic E-state index is 14.5. The molecule has 4 rings (SSSR count). The molecule has 0 saturated heterocycles. The second kappa shape index (κ2) is 7.40. The fourth-order valence-electron chi connectivity index (χ4n) is 3.14. The van der Waals surface area contributed by atoms with Gasteiger partial charge in [0.1, 0.15) is 5.82 Å². The SMILES string of the molecule is COc1cc(C2=C(c3ccncc3)N=C(c3ccc(Cl)cc3F)C2)cnc1N. The highest BCUT2D eigenvalue weighted by atomic mass is 35.5. The Bertz CT molecular complexity index is 1110. The molecule has 2 aromatic heterocycles. The highest BCUT2D eigenvalue weighted by molar-refractivity contribution is 6.30. The Morgan fingerprint density at radius 1 is 1.11 bits per heavy atom. The largest absolute Gasteiger partial charge is 0.493 e. The topological polar surface area (TPSA) is 73.4 Å². The number of halogens is 2. The summed E-state index contributed by atoms with van der Waals surface area (Å²) in [5, 5.41) is 0.342. The van der Waals surface area contributed by atoms with Gasteiger partial charge in [-0.05, 0) is 42.0 Å². The lowest BCUT2D eigenvalue weighted by atomic mass is 9.97. The number of nitrogens with two attached hydrogens (primary N) is 1. The van der Waals surface area contributed by atoms with Crippen LogP contribution in [0.25, 0.3) is 11.3 Å². The van der Waals surface area contributed by atoms with Crippen LogP contribution in [0.2, 0.25) is 5.02 Å². The molecule has 7 heteroatoms. The molecule has 0 amide bonds. The molecule has 2 N–H and O–H groups in total. The van der Waals surface area contributed by atoms with E-state index in [4.69, 9.17) is 27.1 Å².